The number of hydrogen-bond donors (Lipinski definition) is 1. The largest absolute Gasteiger partial charge is 0.446 e. The molecular weight excluding hydrogens is 185 g/mol. The number of amides is 1. The Balaban J connectivity index is 2.51. The maximum atomic E-state index is 12.5. The van der Waals surface area contributed by atoms with Crippen molar-refractivity contribution in [1.29, 1.82) is 0 Å². The van der Waals surface area contributed by atoms with Gasteiger partial charge in [0.2, 0.25) is 0 Å². The molecule has 0 saturated carbocycles. The van der Waals surface area contributed by atoms with Crippen LogP contribution in [-0.4, -0.2) is 12.2 Å². The first kappa shape index (κ1) is 10.5. The Morgan fingerprint density at radius 3 is 2.57 bits per heavy atom. The van der Waals surface area contributed by atoms with E-state index in [4.69, 9.17) is 10.5 Å². The van der Waals surface area contributed by atoms with Crippen LogP contribution >= 0.6 is 0 Å². The number of benzene rings is 1. The van der Waals surface area contributed by atoms with E-state index in [-0.39, 0.29) is 11.9 Å². The molecule has 0 heterocycles. The van der Waals surface area contributed by atoms with Gasteiger partial charge in [-0.15, -0.1) is 0 Å². The van der Waals surface area contributed by atoms with Crippen molar-refractivity contribution < 1.29 is 13.9 Å². The SMILES string of the molecule is CC(Cc1ccc(F)cc1)OC(N)=O. The Kier molecular flexibility index (Phi) is 3.45. The normalized spacial score (nSPS) is 12.1. The van der Waals surface area contributed by atoms with Crippen LogP contribution in [-0.2, 0) is 11.2 Å². The lowest BCUT2D eigenvalue weighted by molar-refractivity contribution is 0.116. The monoisotopic (exact) mass is 197 g/mol. The molecule has 0 spiro atoms. The van der Waals surface area contributed by atoms with Gasteiger partial charge in [-0.1, -0.05) is 12.1 Å². The minimum atomic E-state index is -0.792. The van der Waals surface area contributed by atoms with E-state index < -0.39 is 6.09 Å². The van der Waals surface area contributed by atoms with Gasteiger partial charge in [0, 0.05) is 6.42 Å². The zero-order valence-corrected chi connectivity index (χ0v) is 7.87. The summed E-state index contributed by atoms with van der Waals surface area (Å²) in [6.07, 6.45) is -0.555. The van der Waals surface area contributed by atoms with Crippen LogP contribution in [0.5, 0.6) is 0 Å². The molecule has 1 atom stereocenters. The topological polar surface area (TPSA) is 52.3 Å². The van der Waals surface area contributed by atoms with Crippen LogP contribution in [0.3, 0.4) is 0 Å². The molecule has 0 bridgehead atoms. The van der Waals surface area contributed by atoms with Crippen LogP contribution in [0.1, 0.15) is 12.5 Å². The standard InChI is InChI=1S/C10H12FNO2/c1-7(14-10(12)13)6-8-2-4-9(11)5-3-8/h2-5,7H,6H2,1H3,(H2,12,13). The predicted octanol–water partition coefficient (Wildman–Crippen LogP) is 1.85. The average Bonchev–Trinajstić information content (AvgIpc) is 2.07. The highest BCUT2D eigenvalue weighted by molar-refractivity contribution is 5.64. The van der Waals surface area contributed by atoms with Crippen molar-refractivity contribution in [2.45, 2.75) is 19.4 Å². The summed E-state index contributed by atoms with van der Waals surface area (Å²) in [6.45, 7) is 1.73. The Morgan fingerprint density at radius 1 is 1.50 bits per heavy atom. The molecule has 1 aromatic carbocycles. The molecule has 1 amide bonds. The second-order valence-electron chi connectivity index (χ2n) is 3.08. The van der Waals surface area contributed by atoms with E-state index in [1.54, 1.807) is 19.1 Å². The minimum absolute atomic E-state index is 0.280. The van der Waals surface area contributed by atoms with Gasteiger partial charge in [-0.2, -0.15) is 0 Å². The molecule has 0 aromatic heterocycles. The quantitative estimate of drug-likeness (QED) is 0.803. The molecular formula is C10H12FNO2. The van der Waals surface area contributed by atoms with Gasteiger partial charge in [0.05, 0.1) is 0 Å². The average molecular weight is 197 g/mol. The zero-order valence-electron chi connectivity index (χ0n) is 7.87. The Morgan fingerprint density at radius 2 is 2.07 bits per heavy atom. The van der Waals surface area contributed by atoms with Gasteiger partial charge in [-0.25, -0.2) is 9.18 Å². The molecule has 1 unspecified atom stereocenters. The lowest BCUT2D eigenvalue weighted by Gasteiger charge is -2.10. The van der Waals surface area contributed by atoms with Crippen molar-refractivity contribution in [2.24, 2.45) is 5.73 Å². The number of hydrogen-bond acceptors (Lipinski definition) is 2. The van der Waals surface area contributed by atoms with Gasteiger partial charge in [-0.05, 0) is 24.6 Å². The van der Waals surface area contributed by atoms with E-state index in [1.165, 1.54) is 12.1 Å². The molecule has 14 heavy (non-hydrogen) atoms. The molecule has 3 nitrogen and oxygen atoms in total. The highest BCUT2D eigenvalue weighted by atomic mass is 19.1. The summed E-state index contributed by atoms with van der Waals surface area (Å²) in [5.74, 6) is -0.280. The van der Waals surface area contributed by atoms with E-state index in [0.29, 0.717) is 6.42 Å². The van der Waals surface area contributed by atoms with Gasteiger partial charge in [0.25, 0.3) is 0 Å². The van der Waals surface area contributed by atoms with Crippen LogP contribution in [0.4, 0.5) is 9.18 Å². The first-order chi connectivity index (χ1) is 6.58. The summed E-state index contributed by atoms with van der Waals surface area (Å²) >= 11 is 0. The molecule has 4 heteroatoms. The summed E-state index contributed by atoms with van der Waals surface area (Å²) in [4.78, 5) is 10.4. The number of halogens is 1. The predicted molar refractivity (Wildman–Crippen MR) is 50.2 cm³/mol. The molecule has 0 aliphatic carbocycles. The summed E-state index contributed by atoms with van der Waals surface area (Å²) in [5.41, 5.74) is 5.75. The van der Waals surface area contributed by atoms with E-state index in [1.807, 2.05) is 0 Å². The first-order valence-corrected chi connectivity index (χ1v) is 4.28. The van der Waals surface area contributed by atoms with Crippen LogP contribution in [0, 0.1) is 5.82 Å². The fourth-order valence-corrected chi connectivity index (χ4v) is 1.19. The fraction of sp³-hybridized carbons (Fsp3) is 0.300. The van der Waals surface area contributed by atoms with Gasteiger partial charge in [0.1, 0.15) is 11.9 Å². The number of ether oxygens (including phenoxy) is 1. The summed E-state index contributed by atoms with van der Waals surface area (Å²) in [5, 5.41) is 0. The maximum Gasteiger partial charge on any atom is 0.404 e. The summed E-state index contributed by atoms with van der Waals surface area (Å²) in [6, 6.07) is 6.03. The molecule has 2 N–H and O–H groups in total. The zero-order chi connectivity index (χ0) is 10.6. The third-order valence-electron chi connectivity index (χ3n) is 1.75. The Labute approximate surface area is 81.7 Å². The summed E-state index contributed by atoms with van der Waals surface area (Å²) in [7, 11) is 0. The van der Waals surface area contributed by atoms with Crippen molar-refractivity contribution in [3.63, 3.8) is 0 Å². The molecule has 0 radical (unpaired) electrons. The second kappa shape index (κ2) is 4.60. The van der Waals surface area contributed by atoms with Crippen LogP contribution < -0.4 is 5.73 Å². The van der Waals surface area contributed by atoms with Crippen LogP contribution in [0.2, 0.25) is 0 Å². The summed E-state index contributed by atoms with van der Waals surface area (Å²) < 4.78 is 17.3. The molecule has 1 aromatic rings. The number of primary amides is 1. The minimum Gasteiger partial charge on any atom is -0.446 e. The van der Waals surface area contributed by atoms with E-state index in [9.17, 15) is 9.18 Å². The van der Waals surface area contributed by atoms with Crippen molar-refractivity contribution in [3.05, 3.63) is 35.6 Å². The fourth-order valence-electron chi connectivity index (χ4n) is 1.19. The maximum absolute atomic E-state index is 12.5. The molecule has 76 valence electrons. The van der Waals surface area contributed by atoms with Crippen LogP contribution in [0.25, 0.3) is 0 Å². The number of rotatable bonds is 3. The number of carbonyl (C=O) groups is 1. The first-order valence-electron chi connectivity index (χ1n) is 4.28. The second-order valence-corrected chi connectivity index (χ2v) is 3.08. The third-order valence-corrected chi connectivity index (χ3v) is 1.75. The third kappa shape index (κ3) is 3.43. The lowest BCUT2D eigenvalue weighted by atomic mass is 10.1. The van der Waals surface area contributed by atoms with Gasteiger partial charge >= 0.3 is 6.09 Å². The van der Waals surface area contributed by atoms with Gasteiger partial charge < -0.3 is 10.5 Å². The smallest absolute Gasteiger partial charge is 0.404 e. The highest BCUT2D eigenvalue weighted by Crippen LogP contribution is 2.07. The molecule has 0 saturated heterocycles. The lowest BCUT2D eigenvalue weighted by Crippen LogP contribution is -2.21. The Bertz CT molecular complexity index is 310. The van der Waals surface area contributed by atoms with Crippen molar-refractivity contribution >= 4 is 6.09 Å². The van der Waals surface area contributed by atoms with Crippen LogP contribution in [0.15, 0.2) is 24.3 Å². The van der Waals surface area contributed by atoms with Crippen molar-refractivity contribution in [2.75, 3.05) is 0 Å². The number of carbonyl (C=O) groups excluding carboxylic acids is 1. The van der Waals surface area contributed by atoms with Crippen molar-refractivity contribution in [3.8, 4) is 0 Å². The molecule has 0 fully saturated rings. The number of nitrogens with two attached hydrogens (primary N) is 1. The molecule has 1 rings (SSSR count). The van der Waals surface area contributed by atoms with E-state index in [0.717, 1.165) is 5.56 Å². The van der Waals surface area contributed by atoms with E-state index in [2.05, 4.69) is 0 Å². The van der Waals surface area contributed by atoms with E-state index >= 15 is 0 Å². The van der Waals surface area contributed by atoms with Gasteiger partial charge in [-0.3, -0.25) is 0 Å². The van der Waals surface area contributed by atoms with Crippen molar-refractivity contribution in [1.82, 2.24) is 0 Å². The highest BCUT2D eigenvalue weighted by Gasteiger charge is 2.06. The molecule has 0 aliphatic heterocycles. The molecule has 0 aliphatic rings. The van der Waals surface area contributed by atoms with Gasteiger partial charge in [0.15, 0.2) is 0 Å². The Hall–Kier alpha value is -1.58.